The van der Waals surface area contributed by atoms with Crippen LogP contribution in [-0.2, 0) is 0 Å². The molecule has 0 spiro atoms. The van der Waals surface area contributed by atoms with Crippen molar-refractivity contribution >= 4 is 11.2 Å². The summed E-state index contributed by atoms with van der Waals surface area (Å²) in [6, 6.07) is 4.64. The van der Waals surface area contributed by atoms with Crippen LogP contribution in [0.1, 0.15) is 17.7 Å². The summed E-state index contributed by atoms with van der Waals surface area (Å²) in [5, 5.41) is 21.8. The molecule has 0 saturated carbocycles. The number of rotatable bonds is 4. The second-order valence-corrected chi connectivity index (χ2v) is 7.63. The number of ether oxygens (including phenoxy) is 1. The van der Waals surface area contributed by atoms with E-state index in [4.69, 9.17) is 4.74 Å². The number of nitrogens with zero attached hydrogens (tertiary/aromatic N) is 6. The van der Waals surface area contributed by atoms with Gasteiger partial charge in [-0.2, -0.15) is 15.5 Å². The van der Waals surface area contributed by atoms with Gasteiger partial charge in [-0.15, -0.1) is 0 Å². The topological polar surface area (TPSA) is 83.4 Å². The Morgan fingerprint density at radius 1 is 1.30 bits per heavy atom. The molecule has 2 aliphatic rings. The molecule has 1 fully saturated rings. The van der Waals surface area contributed by atoms with Crippen LogP contribution in [0.5, 0.6) is 5.75 Å². The first-order valence-electron chi connectivity index (χ1n) is 10.0. The molecule has 30 heavy (non-hydrogen) atoms. The third-order valence-electron chi connectivity index (χ3n) is 5.92. The van der Waals surface area contributed by atoms with Crippen molar-refractivity contribution in [2.24, 2.45) is 0 Å². The zero-order chi connectivity index (χ0) is 20.7. The van der Waals surface area contributed by atoms with Crippen LogP contribution in [0.25, 0.3) is 22.3 Å². The molecule has 1 saturated heterocycles. The zero-order valence-electron chi connectivity index (χ0n) is 17.0. The number of nitriles is 1. The SMILES string of the molecule is COc1cc(-c2cnn(C3=CC=CN([C@@H]4CCNC4)C3)c2C)cn2ncc(C#N)c12. The van der Waals surface area contributed by atoms with Crippen LogP contribution in [0.3, 0.4) is 0 Å². The minimum absolute atomic E-state index is 0.492. The maximum Gasteiger partial charge on any atom is 0.146 e. The maximum atomic E-state index is 9.33. The van der Waals surface area contributed by atoms with E-state index in [1.165, 1.54) is 0 Å². The van der Waals surface area contributed by atoms with Crippen LogP contribution < -0.4 is 10.1 Å². The molecule has 0 aliphatic carbocycles. The molecule has 0 unspecified atom stereocenters. The number of allylic oxidation sites excluding steroid dienone is 2. The second kappa shape index (κ2) is 7.35. The van der Waals surface area contributed by atoms with E-state index in [0.717, 1.165) is 48.6 Å². The first-order valence-corrected chi connectivity index (χ1v) is 10.0. The highest BCUT2D eigenvalue weighted by molar-refractivity contribution is 5.76. The van der Waals surface area contributed by atoms with Crippen molar-refractivity contribution in [1.82, 2.24) is 29.6 Å². The highest BCUT2D eigenvalue weighted by atomic mass is 16.5. The Labute approximate surface area is 174 Å². The molecular weight excluding hydrogens is 378 g/mol. The molecule has 0 radical (unpaired) electrons. The molecule has 0 amide bonds. The van der Waals surface area contributed by atoms with Crippen LogP contribution in [0.15, 0.2) is 43.0 Å². The van der Waals surface area contributed by atoms with Crippen molar-refractivity contribution in [3.05, 3.63) is 54.3 Å². The Balaban J connectivity index is 1.50. The Bertz CT molecular complexity index is 1200. The van der Waals surface area contributed by atoms with Gasteiger partial charge >= 0.3 is 0 Å². The number of methoxy groups -OCH3 is 1. The fourth-order valence-corrected chi connectivity index (χ4v) is 4.32. The zero-order valence-corrected chi connectivity index (χ0v) is 17.0. The Morgan fingerprint density at radius 2 is 2.20 bits per heavy atom. The standard InChI is InChI=1S/C22H23N7O/c1-15-20(16-8-21(30-2)22-17(9-23)10-25-28(22)13-16)12-26-29(15)19-4-3-7-27(14-19)18-5-6-24-11-18/h3-4,7-8,10,12-13,18,24H,5-6,11,14H2,1-2H3/t18-/m1/s1. The number of hydrogen-bond donors (Lipinski definition) is 1. The molecule has 8 heteroatoms. The predicted molar refractivity (Wildman–Crippen MR) is 114 cm³/mol. The number of aromatic nitrogens is 4. The lowest BCUT2D eigenvalue weighted by Crippen LogP contribution is -2.35. The summed E-state index contributed by atoms with van der Waals surface area (Å²) in [6.45, 7) is 5.00. The van der Waals surface area contributed by atoms with E-state index in [0.29, 0.717) is 22.9 Å². The van der Waals surface area contributed by atoms with Crippen molar-refractivity contribution in [3.8, 4) is 22.9 Å². The molecule has 8 nitrogen and oxygen atoms in total. The number of nitrogens with one attached hydrogen (secondary N) is 1. The fraction of sp³-hybridized carbons (Fsp3) is 0.318. The van der Waals surface area contributed by atoms with E-state index in [1.54, 1.807) is 17.8 Å². The molecule has 0 bridgehead atoms. The van der Waals surface area contributed by atoms with Crippen LogP contribution in [-0.4, -0.2) is 57.1 Å². The summed E-state index contributed by atoms with van der Waals surface area (Å²) >= 11 is 0. The molecule has 1 atom stereocenters. The molecular formula is C22H23N7O. The Kier molecular flexibility index (Phi) is 4.52. The van der Waals surface area contributed by atoms with Crippen LogP contribution >= 0.6 is 0 Å². The van der Waals surface area contributed by atoms with Gasteiger partial charge in [0.15, 0.2) is 0 Å². The van der Waals surface area contributed by atoms with Crippen LogP contribution in [0, 0.1) is 18.3 Å². The van der Waals surface area contributed by atoms with Gasteiger partial charge in [-0.3, -0.25) is 0 Å². The Hall–Kier alpha value is -3.57. The first-order chi connectivity index (χ1) is 14.7. The van der Waals surface area contributed by atoms with E-state index in [1.807, 2.05) is 23.1 Å². The third kappa shape index (κ3) is 2.95. The predicted octanol–water partition coefficient (Wildman–Crippen LogP) is 2.42. The van der Waals surface area contributed by atoms with Gasteiger partial charge in [-0.05, 0) is 44.3 Å². The average molecular weight is 401 g/mol. The normalized spacial score (nSPS) is 18.6. The van der Waals surface area contributed by atoms with E-state index in [-0.39, 0.29) is 0 Å². The van der Waals surface area contributed by atoms with E-state index < -0.39 is 0 Å². The minimum Gasteiger partial charge on any atom is -0.494 e. The van der Waals surface area contributed by atoms with Gasteiger partial charge in [0.05, 0.1) is 31.7 Å². The molecule has 3 aromatic heterocycles. The van der Waals surface area contributed by atoms with Gasteiger partial charge in [0.25, 0.3) is 0 Å². The number of hydrogen-bond acceptors (Lipinski definition) is 6. The molecule has 0 aromatic carbocycles. The molecule has 2 aliphatic heterocycles. The summed E-state index contributed by atoms with van der Waals surface area (Å²) in [6.07, 6.45) is 12.9. The lowest BCUT2D eigenvalue weighted by Gasteiger charge is -2.30. The molecule has 5 heterocycles. The average Bonchev–Trinajstić information content (AvgIpc) is 3.52. The van der Waals surface area contributed by atoms with Gasteiger partial charge in [-0.25, -0.2) is 9.20 Å². The molecule has 3 aromatic rings. The summed E-state index contributed by atoms with van der Waals surface area (Å²) in [5.74, 6) is 0.619. The van der Waals surface area contributed by atoms with Gasteiger partial charge < -0.3 is 15.0 Å². The Morgan fingerprint density at radius 3 is 2.97 bits per heavy atom. The van der Waals surface area contributed by atoms with Crippen molar-refractivity contribution in [3.63, 3.8) is 0 Å². The highest BCUT2D eigenvalue weighted by Gasteiger charge is 2.23. The van der Waals surface area contributed by atoms with E-state index >= 15 is 0 Å². The van der Waals surface area contributed by atoms with Crippen molar-refractivity contribution in [2.75, 3.05) is 26.7 Å². The van der Waals surface area contributed by atoms with Gasteiger partial charge in [0, 0.05) is 35.6 Å². The van der Waals surface area contributed by atoms with E-state index in [9.17, 15) is 5.26 Å². The van der Waals surface area contributed by atoms with Crippen LogP contribution in [0.2, 0.25) is 0 Å². The monoisotopic (exact) mass is 401 g/mol. The second-order valence-electron chi connectivity index (χ2n) is 7.63. The third-order valence-corrected chi connectivity index (χ3v) is 5.92. The lowest BCUT2D eigenvalue weighted by atomic mass is 10.1. The molecule has 1 N–H and O–H groups in total. The van der Waals surface area contributed by atoms with Crippen molar-refractivity contribution in [1.29, 1.82) is 5.26 Å². The highest BCUT2D eigenvalue weighted by Crippen LogP contribution is 2.32. The van der Waals surface area contributed by atoms with Crippen molar-refractivity contribution < 1.29 is 4.74 Å². The summed E-state index contributed by atoms with van der Waals surface area (Å²) in [4.78, 5) is 2.39. The quantitative estimate of drug-likeness (QED) is 0.723. The lowest BCUT2D eigenvalue weighted by molar-refractivity contribution is 0.317. The summed E-state index contributed by atoms with van der Waals surface area (Å²) < 4.78 is 9.26. The minimum atomic E-state index is 0.492. The van der Waals surface area contributed by atoms with Crippen LogP contribution in [0.4, 0.5) is 0 Å². The van der Waals surface area contributed by atoms with Crippen molar-refractivity contribution in [2.45, 2.75) is 19.4 Å². The summed E-state index contributed by atoms with van der Waals surface area (Å²) in [7, 11) is 1.61. The van der Waals surface area contributed by atoms with Gasteiger partial charge in [0.1, 0.15) is 22.9 Å². The number of fused-ring (bicyclic) bond motifs is 1. The fourth-order valence-electron chi connectivity index (χ4n) is 4.32. The van der Waals surface area contributed by atoms with E-state index in [2.05, 4.69) is 51.8 Å². The largest absolute Gasteiger partial charge is 0.494 e. The molecule has 152 valence electrons. The van der Waals surface area contributed by atoms with Gasteiger partial charge in [0.2, 0.25) is 0 Å². The first kappa shape index (κ1) is 18.5. The smallest absolute Gasteiger partial charge is 0.146 e. The number of pyridine rings is 1. The summed E-state index contributed by atoms with van der Waals surface area (Å²) in [5.41, 5.74) is 5.32. The van der Waals surface area contributed by atoms with Gasteiger partial charge in [-0.1, -0.05) is 0 Å². The maximum absolute atomic E-state index is 9.33. The molecule has 5 rings (SSSR count).